The van der Waals surface area contributed by atoms with Gasteiger partial charge in [0.1, 0.15) is 11.9 Å². The molecule has 2 aromatic rings. The van der Waals surface area contributed by atoms with E-state index in [1.54, 1.807) is 6.07 Å². The maximum absolute atomic E-state index is 12.9. The lowest BCUT2D eigenvalue weighted by molar-refractivity contribution is -0.154. The van der Waals surface area contributed by atoms with Crippen LogP contribution in [0.2, 0.25) is 0 Å². The summed E-state index contributed by atoms with van der Waals surface area (Å²) < 4.78 is 53.7. The highest BCUT2D eigenvalue weighted by atomic mass is 19.4. The Morgan fingerprint density at radius 3 is 2.58 bits per heavy atom. The number of nitrogens with one attached hydrogen (secondary N) is 1. The topological polar surface area (TPSA) is 72.9 Å². The third kappa shape index (κ3) is 5.38. The fraction of sp³-hybridized carbons (Fsp3) is 0.538. The molecule has 3 saturated heterocycles. The summed E-state index contributed by atoms with van der Waals surface area (Å²) in [5, 5.41) is 3.08. The second-order valence-corrected chi connectivity index (χ2v) is 10.5. The Balaban J connectivity index is 1.29. The van der Waals surface area contributed by atoms with Crippen molar-refractivity contribution in [3.8, 4) is 22.8 Å². The van der Waals surface area contributed by atoms with E-state index in [-0.39, 0.29) is 23.4 Å². The van der Waals surface area contributed by atoms with E-state index in [2.05, 4.69) is 19.9 Å². The van der Waals surface area contributed by atoms with Gasteiger partial charge in [0.15, 0.2) is 6.61 Å². The molecule has 7 nitrogen and oxygen atoms in total. The predicted octanol–water partition coefficient (Wildman–Crippen LogP) is 4.97. The molecule has 36 heavy (non-hydrogen) atoms. The van der Waals surface area contributed by atoms with Crippen LogP contribution >= 0.6 is 0 Å². The highest BCUT2D eigenvalue weighted by Gasteiger charge is 2.41. The van der Waals surface area contributed by atoms with Crippen LogP contribution in [0.5, 0.6) is 11.6 Å². The first kappa shape index (κ1) is 24.7. The number of carbonyl (C=O) groups excluding carboxylic acids is 1. The fourth-order valence-corrected chi connectivity index (χ4v) is 5.24. The van der Waals surface area contributed by atoms with Crippen LogP contribution in [0.25, 0.3) is 11.1 Å². The number of aromatic nitrogens is 1. The van der Waals surface area contributed by atoms with Crippen molar-refractivity contribution in [1.82, 2.24) is 15.2 Å². The van der Waals surface area contributed by atoms with Crippen LogP contribution in [-0.4, -0.2) is 61.1 Å². The summed E-state index contributed by atoms with van der Waals surface area (Å²) in [4.78, 5) is 19.2. The number of alkyl halides is 3. The first-order valence-electron chi connectivity index (χ1n) is 12.2. The van der Waals surface area contributed by atoms with E-state index < -0.39 is 18.9 Å². The molecule has 1 aromatic carbocycles. The molecule has 2 bridgehead atoms. The molecule has 1 amide bonds. The van der Waals surface area contributed by atoms with Gasteiger partial charge >= 0.3 is 12.3 Å². The molecule has 2 atom stereocenters. The monoisotopic (exact) mass is 505 g/mol. The Hall–Kier alpha value is -3.01. The number of ether oxygens (including phenoxy) is 3. The maximum atomic E-state index is 12.9. The van der Waals surface area contributed by atoms with E-state index in [1.807, 2.05) is 32.0 Å². The molecule has 4 aliphatic rings. The second kappa shape index (κ2) is 9.46. The minimum absolute atomic E-state index is 0.0760. The fourth-order valence-electron chi connectivity index (χ4n) is 5.24. The quantitative estimate of drug-likeness (QED) is 0.619. The largest absolute Gasteiger partial charge is 0.493 e. The van der Waals surface area contributed by atoms with Gasteiger partial charge in [0.2, 0.25) is 5.88 Å². The number of amides is 1. The van der Waals surface area contributed by atoms with Gasteiger partial charge in [-0.25, -0.2) is 9.78 Å². The number of carbonyl (C=O) groups is 1. The molecule has 1 N–H and O–H groups in total. The SMILES string of the molecule is CC1(C)COc2cc(-c3ccc(OCC(F)(F)F)nc3)ccc2C1NC(=O)O[C@@H]1CN2CCC1CC2. The molecule has 4 aliphatic heterocycles. The normalized spacial score (nSPS) is 26.5. The first-order valence-corrected chi connectivity index (χ1v) is 12.2. The van der Waals surface area contributed by atoms with E-state index >= 15 is 0 Å². The zero-order valence-electron chi connectivity index (χ0n) is 20.3. The van der Waals surface area contributed by atoms with Gasteiger partial charge in [0.25, 0.3) is 0 Å². The Morgan fingerprint density at radius 2 is 1.94 bits per heavy atom. The number of piperidine rings is 3. The lowest BCUT2D eigenvalue weighted by Gasteiger charge is -2.44. The third-order valence-corrected chi connectivity index (χ3v) is 7.28. The maximum Gasteiger partial charge on any atom is 0.422 e. The summed E-state index contributed by atoms with van der Waals surface area (Å²) >= 11 is 0. The van der Waals surface area contributed by atoms with Gasteiger partial charge in [0.05, 0.1) is 12.6 Å². The molecular weight excluding hydrogens is 475 g/mol. The van der Waals surface area contributed by atoms with E-state index in [0.29, 0.717) is 23.8 Å². The van der Waals surface area contributed by atoms with Crippen LogP contribution in [0.4, 0.5) is 18.0 Å². The minimum Gasteiger partial charge on any atom is -0.493 e. The number of benzene rings is 1. The van der Waals surface area contributed by atoms with Gasteiger partial charge < -0.3 is 19.5 Å². The van der Waals surface area contributed by atoms with Crippen molar-refractivity contribution in [2.24, 2.45) is 11.3 Å². The second-order valence-electron chi connectivity index (χ2n) is 10.5. The zero-order valence-corrected chi connectivity index (χ0v) is 20.3. The highest BCUT2D eigenvalue weighted by molar-refractivity contribution is 5.70. The number of hydrogen-bond donors (Lipinski definition) is 1. The van der Waals surface area contributed by atoms with E-state index in [4.69, 9.17) is 9.47 Å². The molecule has 0 saturated carbocycles. The van der Waals surface area contributed by atoms with Gasteiger partial charge in [-0.3, -0.25) is 4.90 Å². The summed E-state index contributed by atoms with van der Waals surface area (Å²) in [5.74, 6) is 0.965. The Bertz CT molecular complexity index is 1100. The van der Waals surface area contributed by atoms with Crippen LogP contribution in [0.1, 0.15) is 38.3 Å². The first-order chi connectivity index (χ1) is 17.1. The molecule has 194 valence electrons. The number of fused-ring (bicyclic) bond motifs is 4. The predicted molar refractivity (Wildman–Crippen MR) is 126 cm³/mol. The van der Waals surface area contributed by atoms with E-state index in [9.17, 15) is 18.0 Å². The lowest BCUT2D eigenvalue weighted by atomic mass is 9.78. The smallest absolute Gasteiger partial charge is 0.422 e. The van der Waals surface area contributed by atoms with Crippen molar-refractivity contribution < 1.29 is 32.2 Å². The van der Waals surface area contributed by atoms with Crippen molar-refractivity contribution in [3.63, 3.8) is 0 Å². The third-order valence-electron chi connectivity index (χ3n) is 7.28. The van der Waals surface area contributed by atoms with Crippen LogP contribution in [-0.2, 0) is 4.74 Å². The minimum atomic E-state index is -4.42. The molecule has 5 heterocycles. The van der Waals surface area contributed by atoms with Crippen LogP contribution in [0, 0.1) is 11.3 Å². The van der Waals surface area contributed by atoms with Crippen LogP contribution < -0.4 is 14.8 Å². The summed E-state index contributed by atoms with van der Waals surface area (Å²) in [6.07, 6.45) is -1.32. The van der Waals surface area contributed by atoms with Gasteiger partial charge in [-0.15, -0.1) is 0 Å². The molecule has 1 unspecified atom stereocenters. The van der Waals surface area contributed by atoms with Gasteiger partial charge in [-0.1, -0.05) is 26.0 Å². The lowest BCUT2D eigenvalue weighted by Crippen LogP contribution is -2.53. The molecule has 10 heteroatoms. The average Bonchev–Trinajstić information content (AvgIpc) is 2.85. The summed E-state index contributed by atoms with van der Waals surface area (Å²) in [7, 11) is 0. The number of halogens is 3. The summed E-state index contributed by atoms with van der Waals surface area (Å²) in [6.45, 7) is 6.03. The molecule has 3 fully saturated rings. The Labute approximate surface area is 207 Å². The van der Waals surface area contributed by atoms with Gasteiger partial charge in [-0.05, 0) is 49.5 Å². The molecule has 0 aliphatic carbocycles. The Kier molecular flexibility index (Phi) is 6.48. The standard InChI is InChI=1S/C26H30F3N3O4/c1-25(2)14-34-20-11-17(18-4-6-22(30-12-18)35-15-26(27,28)29)3-5-19(20)23(25)31-24(33)36-21-13-32-9-7-16(21)8-10-32/h3-6,11-12,16,21,23H,7-10,13-15H2,1-2H3,(H,31,33)/t21-,23?/m1/s1. The number of pyridine rings is 1. The van der Waals surface area contributed by atoms with Crippen molar-refractivity contribution in [3.05, 3.63) is 42.1 Å². The van der Waals surface area contributed by atoms with E-state index in [0.717, 1.165) is 43.6 Å². The van der Waals surface area contributed by atoms with Crippen LogP contribution in [0.3, 0.4) is 0 Å². The van der Waals surface area contributed by atoms with Crippen LogP contribution in [0.15, 0.2) is 36.5 Å². The molecule has 6 rings (SSSR count). The number of hydrogen-bond acceptors (Lipinski definition) is 6. The van der Waals surface area contributed by atoms with Crippen molar-refractivity contribution >= 4 is 6.09 Å². The van der Waals surface area contributed by atoms with Crippen molar-refractivity contribution in [1.29, 1.82) is 0 Å². The van der Waals surface area contributed by atoms with E-state index in [1.165, 1.54) is 12.3 Å². The number of alkyl carbamates (subject to hydrolysis) is 1. The number of rotatable bonds is 5. The molecular formula is C26H30F3N3O4. The zero-order chi connectivity index (χ0) is 25.5. The molecule has 0 spiro atoms. The van der Waals surface area contributed by atoms with Gasteiger partial charge in [0, 0.05) is 35.3 Å². The average molecular weight is 506 g/mol. The highest BCUT2D eigenvalue weighted by Crippen LogP contribution is 2.44. The Morgan fingerprint density at radius 1 is 1.19 bits per heavy atom. The van der Waals surface area contributed by atoms with Crippen molar-refractivity contribution in [2.75, 3.05) is 32.8 Å². The van der Waals surface area contributed by atoms with Gasteiger partial charge in [-0.2, -0.15) is 13.2 Å². The number of nitrogens with zero attached hydrogens (tertiary/aromatic N) is 2. The molecule has 1 aromatic heterocycles. The van der Waals surface area contributed by atoms with Crippen molar-refractivity contribution in [2.45, 2.75) is 45.0 Å². The summed E-state index contributed by atoms with van der Waals surface area (Å²) in [5.41, 5.74) is 1.98. The molecule has 0 radical (unpaired) electrons. The summed E-state index contributed by atoms with van der Waals surface area (Å²) in [6, 6.07) is 8.38.